The van der Waals surface area contributed by atoms with Crippen LogP contribution in [0.3, 0.4) is 0 Å². The SMILES string of the molecule is C=CCOCC(O)CN(Cc1c(-c2ccccc2)nn(C)c1Oc1ccc(OC)cc1)C(C)CC. The molecule has 1 aromatic heterocycles. The number of hydrogen-bond acceptors (Lipinski definition) is 6. The molecule has 0 bridgehead atoms. The molecule has 0 aliphatic rings. The van der Waals surface area contributed by atoms with E-state index in [1.807, 2.05) is 49.5 Å². The summed E-state index contributed by atoms with van der Waals surface area (Å²) in [6.45, 7) is 9.69. The minimum Gasteiger partial charge on any atom is -0.497 e. The van der Waals surface area contributed by atoms with Crippen molar-refractivity contribution in [3.8, 4) is 28.6 Å². The third-order valence-corrected chi connectivity index (χ3v) is 5.98. The number of aryl methyl sites for hydroxylation is 1. The predicted octanol–water partition coefficient (Wildman–Crippen LogP) is 5.05. The summed E-state index contributed by atoms with van der Waals surface area (Å²) in [5.74, 6) is 2.13. The van der Waals surface area contributed by atoms with Crippen molar-refractivity contribution in [2.24, 2.45) is 7.05 Å². The molecular formula is C28H37N3O4. The molecule has 1 N–H and O–H groups in total. The van der Waals surface area contributed by atoms with Crippen molar-refractivity contribution in [2.75, 3.05) is 26.9 Å². The number of hydrogen-bond donors (Lipinski definition) is 1. The van der Waals surface area contributed by atoms with E-state index in [0.717, 1.165) is 29.0 Å². The molecule has 0 aliphatic heterocycles. The van der Waals surface area contributed by atoms with Crippen molar-refractivity contribution in [1.29, 1.82) is 0 Å². The van der Waals surface area contributed by atoms with E-state index in [1.165, 1.54) is 0 Å². The summed E-state index contributed by atoms with van der Waals surface area (Å²) in [5.41, 5.74) is 2.85. The van der Waals surface area contributed by atoms with Gasteiger partial charge in [-0.3, -0.25) is 4.90 Å². The standard InChI is InChI=1S/C28H37N3O4/c1-6-17-34-20-23(32)18-31(21(3)7-2)19-26-27(22-11-9-8-10-12-22)29-30(4)28(26)35-25-15-13-24(33-5)14-16-25/h6,8-16,21,23,32H,1,7,17-20H2,2-5H3. The number of ether oxygens (including phenoxy) is 3. The predicted molar refractivity (Wildman–Crippen MR) is 139 cm³/mol. The Hall–Kier alpha value is -3.13. The van der Waals surface area contributed by atoms with Crippen LogP contribution in [-0.2, 0) is 18.3 Å². The van der Waals surface area contributed by atoms with Gasteiger partial charge in [0.1, 0.15) is 17.2 Å². The van der Waals surface area contributed by atoms with Crippen LogP contribution in [0.15, 0.2) is 67.3 Å². The van der Waals surface area contributed by atoms with Gasteiger partial charge < -0.3 is 19.3 Å². The topological polar surface area (TPSA) is 69.0 Å². The largest absolute Gasteiger partial charge is 0.497 e. The van der Waals surface area contributed by atoms with Crippen LogP contribution in [0.5, 0.6) is 17.4 Å². The molecule has 2 aromatic carbocycles. The zero-order chi connectivity index (χ0) is 25.2. The highest BCUT2D eigenvalue weighted by molar-refractivity contribution is 5.65. The van der Waals surface area contributed by atoms with Gasteiger partial charge in [-0.25, -0.2) is 4.68 Å². The summed E-state index contributed by atoms with van der Waals surface area (Å²) in [4.78, 5) is 2.26. The van der Waals surface area contributed by atoms with Gasteiger partial charge in [-0.2, -0.15) is 5.10 Å². The van der Waals surface area contributed by atoms with Gasteiger partial charge in [0.05, 0.1) is 32.0 Å². The van der Waals surface area contributed by atoms with Gasteiger partial charge >= 0.3 is 0 Å². The maximum absolute atomic E-state index is 10.6. The average Bonchev–Trinajstić information content (AvgIpc) is 3.18. The summed E-state index contributed by atoms with van der Waals surface area (Å²) in [6.07, 6.45) is 2.01. The molecule has 2 atom stereocenters. The Labute approximate surface area is 208 Å². The van der Waals surface area contributed by atoms with E-state index >= 15 is 0 Å². The Morgan fingerprint density at radius 1 is 1.11 bits per heavy atom. The molecule has 0 amide bonds. The van der Waals surface area contributed by atoms with Gasteiger partial charge in [0.2, 0.25) is 5.88 Å². The number of methoxy groups -OCH3 is 1. The number of aromatic nitrogens is 2. The fourth-order valence-electron chi connectivity index (χ4n) is 3.88. The fourth-order valence-corrected chi connectivity index (χ4v) is 3.88. The van der Waals surface area contributed by atoms with E-state index in [1.54, 1.807) is 17.9 Å². The van der Waals surface area contributed by atoms with Crippen molar-refractivity contribution in [1.82, 2.24) is 14.7 Å². The third kappa shape index (κ3) is 7.18. The molecule has 0 saturated heterocycles. The van der Waals surface area contributed by atoms with E-state index in [4.69, 9.17) is 19.3 Å². The van der Waals surface area contributed by atoms with E-state index in [-0.39, 0.29) is 12.6 Å². The molecule has 0 aliphatic carbocycles. The van der Waals surface area contributed by atoms with Crippen molar-refractivity contribution in [2.45, 2.75) is 39.0 Å². The molecule has 35 heavy (non-hydrogen) atoms. The van der Waals surface area contributed by atoms with Crippen LogP contribution < -0.4 is 9.47 Å². The van der Waals surface area contributed by atoms with Crippen LogP contribution in [0.1, 0.15) is 25.8 Å². The van der Waals surface area contributed by atoms with Gasteiger partial charge in [0.15, 0.2) is 0 Å². The summed E-state index contributed by atoms with van der Waals surface area (Å²) < 4.78 is 18.9. The highest BCUT2D eigenvalue weighted by atomic mass is 16.5. The fraction of sp³-hybridized carbons (Fsp3) is 0.393. The highest BCUT2D eigenvalue weighted by Crippen LogP contribution is 2.35. The molecule has 3 aromatic rings. The quantitative estimate of drug-likeness (QED) is 0.258. The Bertz CT molecular complexity index is 1050. The first-order chi connectivity index (χ1) is 17.0. The van der Waals surface area contributed by atoms with Crippen LogP contribution in [0.25, 0.3) is 11.3 Å². The third-order valence-electron chi connectivity index (χ3n) is 5.98. The summed E-state index contributed by atoms with van der Waals surface area (Å²) in [6, 6.07) is 17.8. The van der Waals surface area contributed by atoms with Gasteiger partial charge in [0, 0.05) is 31.7 Å². The zero-order valence-electron chi connectivity index (χ0n) is 21.2. The number of nitrogens with zero attached hydrogens (tertiary/aromatic N) is 3. The van der Waals surface area contributed by atoms with E-state index in [9.17, 15) is 5.11 Å². The molecule has 1 heterocycles. The molecule has 0 spiro atoms. The first-order valence-corrected chi connectivity index (χ1v) is 12.0. The monoisotopic (exact) mass is 479 g/mol. The van der Waals surface area contributed by atoms with Crippen LogP contribution in [-0.4, -0.2) is 58.8 Å². The Balaban J connectivity index is 1.96. The van der Waals surface area contributed by atoms with Crippen molar-refractivity contribution < 1.29 is 19.3 Å². The highest BCUT2D eigenvalue weighted by Gasteiger charge is 2.25. The van der Waals surface area contributed by atoms with Gasteiger partial charge in [-0.1, -0.05) is 43.3 Å². The molecule has 0 radical (unpaired) electrons. The molecule has 7 nitrogen and oxygen atoms in total. The summed E-state index contributed by atoms with van der Waals surface area (Å²) in [5, 5.41) is 15.5. The van der Waals surface area contributed by atoms with Crippen LogP contribution in [0.2, 0.25) is 0 Å². The normalized spacial score (nSPS) is 13.0. The number of aliphatic hydroxyl groups is 1. The van der Waals surface area contributed by atoms with Gasteiger partial charge in [-0.15, -0.1) is 6.58 Å². The zero-order valence-corrected chi connectivity index (χ0v) is 21.2. The Morgan fingerprint density at radius 2 is 1.80 bits per heavy atom. The molecule has 3 rings (SSSR count). The molecule has 188 valence electrons. The lowest BCUT2D eigenvalue weighted by Crippen LogP contribution is -2.40. The number of benzene rings is 2. The van der Waals surface area contributed by atoms with Crippen LogP contribution >= 0.6 is 0 Å². The maximum atomic E-state index is 10.6. The number of aliphatic hydroxyl groups excluding tert-OH is 1. The van der Waals surface area contributed by atoms with E-state index < -0.39 is 6.10 Å². The lowest BCUT2D eigenvalue weighted by molar-refractivity contribution is 0.0156. The first kappa shape index (κ1) is 26.5. The molecule has 0 fully saturated rings. The minimum absolute atomic E-state index is 0.238. The molecular weight excluding hydrogens is 442 g/mol. The van der Waals surface area contributed by atoms with Crippen molar-refractivity contribution >= 4 is 0 Å². The molecule has 0 saturated carbocycles. The molecule has 2 unspecified atom stereocenters. The second-order valence-electron chi connectivity index (χ2n) is 8.57. The lowest BCUT2D eigenvalue weighted by Gasteiger charge is -2.30. The summed E-state index contributed by atoms with van der Waals surface area (Å²) >= 11 is 0. The average molecular weight is 480 g/mol. The van der Waals surface area contributed by atoms with Gasteiger partial charge in [-0.05, 0) is 37.6 Å². The smallest absolute Gasteiger partial charge is 0.222 e. The van der Waals surface area contributed by atoms with Gasteiger partial charge in [0.25, 0.3) is 0 Å². The van der Waals surface area contributed by atoms with Crippen LogP contribution in [0, 0.1) is 0 Å². The van der Waals surface area contributed by atoms with Crippen LogP contribution in [0.4, 0.5) is 0 Å². The second-order valence-corrected chi connectivity index (χ2v) is 8.57. The Morgan fingerprint density at radius 3 is 2.43 bits per heavy atom. The van der Waals surface area contributed by atoms with E-state index in [2.05, 4.69) is 37.5 Å². The maximum Gasteiger partial charge on any atom is 0.222 e. The van der Waals surface area contributed by atoms with Crippen molar-refractivity contribution in [3.05, 3.63) is 72.8 Å². The Kier molecular flexibility index (Phi) is 9.90. The summed E-state index contributed by atoms with van der Waals surface area (Å²) in [7, 11) is 3.53. The van der Waals surface area contributed by atoms with Crippen molar-refractivity contribution in [3.63, 3.8) is 0 Å². The molecule has 7 heteroatoms. The first-order valence-electron chi connectivity index (χ1n) is 12.0. The number of rotatable bonds is 14. The van der Waals surface area contributed by atoms with E-state index in [0.29, 0.717) is 31.3 Å². The lowest BCUT2D eigenvalue weighted by atomic mass is 10.1. The second kappa shape index (κ2) is 13.1. The minimum atomic E-state index is -0.619.